The van der Waals surface area contributed by atoms with E-state index in [2.05, 4.69) is 31.3 Å². The lowest BCUT2D eigenvalue weighted by atomic mass is 10.0. The van der Waals surface area contributed by atoms with E-state index < -0.39 is 38.6 Å². The number of phosphoric ester groups is 1. The molecule has 9 nitrogen and oxygen atoms in total. The number of hydrogen-bond donors (Lipinski definition) is 5. The van der Waals surface area contributed by atoms with Crippen LogP contribution in [0.1, 0.15) is 264 Å². The van der Waals surface area contributed by atoms with E-state index in [-0.39, 0.29) is 19.6 Å². The van der Waals surface area contributed by atoms with Gasteiger partial charge in [-0.25, -0.2) is 4.57 Å². The minimum Gasteiger partial charge on any atom is -0.393 e. The predicted octanol–water partition coefficient (Wildman–Crippen LogP) is 14.7. The molecule has 4 atom stereocenters. The SMILES string of the molecule is CCCCCCCCCCCCC/C=C\CCCCCCCC(O)CC(=O)NC(COP(=O)(O)OCCN)C(O)/C=C/CCCCCCCCCCCCCCCCCCCC. The maximum Gasteiger partial charge on any atom is 0.472 e. The van der Waals surface area contributed by atoms with Gasteiger partial charge < -0.3 is 26.2 Å². The van der Waals surface area contributed by atoms with E-state index in [4.69, 9.17) is 14.8 Å². The predicted molar refractivity (Wildman–Crippen MR) is 264 cm³/mol. The van der Waals surface area contributed by atoms with Crippen LogP contribution in [-0.4, -0.2) is 59.0 Å². The summed E-state index contributed by atoms with van der Waals surface area (Å²) in [5.41, 5.74) is 5.39. The van der Waals surface area contributed by atoms with Gasteiger partial charge in [-0.05, 0) is 44.9 Å². The molecule has 6 N–H and O–H groups in total. The topological polar surface area (TPSA) is 151 Å². The largest absolute Gasteiger partial charge is 0.472 e. The van der Waals surface area contributed by atoms with Crippen LogP contribution >= 0.6 is 7.82 Å². The molecule has 0 rings (SSSR count). The van der Waals surface area contributed by atoms with Crippen molar-refractivity contribution in [2.45, 2.75) is 283 Å². The molecule has 10 heteroatoms. The lowest BCUT2D eigenvalue weighted by molar-refractivity contribution is -0.124. The molecule has 0 saturated carbocycles. The van der Waals surface area contributed by atoms with Gasteiger partial charge in [0.2, 0.25) is 5.91 Å². The first-order valence-corrected chi connectivity index (χ1v) is 28.0. The second kappa shape index (κ2) is 47.9. The summed E-state index contributed by atoms with van der Waals surface area (Å²) in [5.74, 6) is -0.447. The van der Waals surface area contributed by atoms with Crippen LogP contribution in [0.15, 0.2) is 24.3 Å². The van der Waals surface area contributed by atoms with Crippen LogP contribution in [0.5, 0.6) is 0 Å². The zero-order valence-corrected chi connectivity index (χ0v) is 41.6. The molecule has 0 radical (unpaired) electrons. The molecule has 62 heavy (non-hydrogen) atoms. The third kappa shape index (κ3) is 45.5. The molecule has 0 aromatic carbocycles. The van der Waals surface area contributed by atoms with Gasteiger partial charge >= 0.3 is 7.82 Å². The van der Waals surface area contributed by atoms with E-state index >= 15 is 0 Å². The van der Waals surface area contributed by atoms with Gasteiger partial charge in [0.1, 0.15) is 0 Å². The molecule has 0 aliphatic rings. The summed E-state index contributed by atoms with van der Waals surface area (Å²) < 4.78 is 22.2. The fourth-order valence-electron chi connectivity index (χ4n) is 8.06. The van der Waals surface area contributed by atoms with Gasteiger partial charge in [0.05, 0.1) is 37.9 Å². The maximum absolute atomic E-state index is 12.9. The van der Waals surface area contributed by atoms with Gasteiger partial charge in [0.15, 0.2) is 0 Å². The minimum atomic E-state index is -4.41. The number of nitrogens with one attached hydrogen (secondary N) is 1. The van der Waals surface area contributed by atoms with Crippen LogP contribution in [0.3, 0.4) is 0 Å². The van der Waals surface area contributed by atoms with Gasteiger partial charge in [0.25, 0.3) is 0 Å². The number of aliphatic hydroxyl groups excluding tert-OH is 2. The molecule has 368 valence electrons. The molecule has 0 aromatic heterocycles. The lowest BCUT2D eigenvalue weighted by Gasteiger charge is -2.24. The number of carbonyl (C=O) groups excluding carboxylic acids is 1. The van der Waals surface area contributed by atoms with Crippen molar-refractivity contribution < 1.29 is 33.5 Å². The molecule has 0 aromatic rings. The third-order valence-corrected chi connectivity index (χ3v) is 13.1. The highest BCUT2D eigenvalue weighted by molar-refractivity contribution is 7.47. The normalized spacial score (nSPS) is 14.5. The van der Waals surface area contributed by atoms with E-state index in [0.717, 1.165) is 51.4 Å². The van der Waals surface area contributed by atoms with Crippen molar-refractivity contribution in [3.8, 4) is 0 Å². The number of nitrogens with two attached hydrogens (primary N) is 1. The number of rotatable bonds is 50. The molecule has 0 saturated heterocycles. The Morgan fingerprint density at radius 1 is 0.548 bits per heavy atom. The van der Waals surface area contributed by atoms with E-state index in [1.165, 1.54) is 186 Å². The monoisotopic (exact) mass is 899 g/mol. The second-order valence-electron chi connectivity index (χ2n) is 18.3. The Morgan fingerprint density at radius 2 is 0.903 bits per heavy atom. The maximum atomic E-state index is 12.9. The molecule has 1 amide bonds. The number of phosphoric acid groups is 1. The Balaban J connectivity index is 4.18. The standard InChI is InChI=1S/C52H103N2O7P/c1-3-5-7-9-11-13-15-17-19-21-23-25-27-29-31-33-35-37-39-41-43-49(55)47-52(57)54-50(48-61-62(58,59)60-46-45-53)51(56)44-42-40-38-36-34-32-30-28-26-24-22-20-18-16-14-12-10-8-6-4-2/h27,29,42,44,49-51,55-56H,3-26,28,30-41,43,45-48,53H2,1-2H3,(H,54,57)(H,58,59)/b29-27-,44-42+. The second-order valence-corrected chi connectivity index (χ2v) is 19.7. The Labute approximate surface area is 383 Å². The van der Waals surface area contributed by atoms with Crippen LogP contribution in [-0.2, 0) is 18.4 Å². The molecule has 0 aliphatic carbocycles. The highest BCUT2D eigenvalue weighted by Gasteiger charge is 2.27. The molecular weight excluding hydrogens is 796 g/mol. The van der Waals surface area contributed by atoms with Gasteiger partial charge in [-0.3, -0.25) is 13.8 Å². The van der Waals surface area contributed by atoms with E-state index in [0.29, 0.717) is 6.42 Å². The summed E-state index contributed by atoms with van der Waals surface area (Å²) in [6.07, 6.45) is 54.1. The van der Waals surface area contributed by atoms with Crippen molar-refractivity contribution in [2.24, 2.45) is 5.73 Å². The van der Waals surface area contributed by atoms with Crippen molar-refractivity contribution in [1.29, 1.82) is 0 Å². The summed E-state index contributed by atoms with van der Waals surface area (Å²) in [5, 5.41) is 24.2. The quantitative estimate of drug-likeness (QED) is 0.0230. The number of hydrogen-bond acceptors (Lipinski definition) is 7. The van der Waals surface area contributed by atoms with E-state index in [9.17, 15) is 24.5 Å². The zero-order valence-electron chi connectivity index (χ0n) is 40.7. The first-order chi connectivity index (χ1) is 30.3. The number of allylic oxidation sites excluding steroid dienone is 3. The Bertz CT molecular complexity index is 1040. The average molecular weight is 899 g/mol. The summed E-state index contributed by atoms with van der Waals surface area (Å²) >= 11 is 0. The first-order valence-electron chi connectivity index (χ1n) is 26.5. The smallest absolute Gasteiger partial charge is 0.393 e. The fraction of sp³-hybridized carbons (Fsp3) is 0.904. The van der Waals surface area contributed by atoms with Crippen LogP contribution < -0.4 is 11.1 Å². The fourth-order valence-corrected chi connectivity index (χ4v) is 8.82. The molecular formula is C52H103N2O7P. The van der Waals surface area contributed by atoms with Crippen LogP contribution in [0.4, 0.5) is 0 Å². The first kappa shape index (κ1) is 60.9. The Hall–Kier alpha value is -1.06. The van der Waals surface area contributed by atoms with Gasteiger partial charge in [-0.15, -0.1) is 0 Å². The third-order valence-electron chi connectivity index (χ3n) is 12.1. The number of aliphatic hydroxyl groups is 2. The highest BCUT2D eigenvalue weighted by atomic mass is 31.2. The van der Waals surface area contributed by atoms with Crippen molar-refractivity contribution >= 4 is 13.7 Å². The van der Waals surface area contributed by atoms with E-state index in [1.54, 1.807) is 6.08 Å². The molecule has 0 bridgehead atoms. The Kier molecular flexibility index (Phi) is 47.1. The van der Waals surface area contributed by atoms with Gasteiger partial charge in [-0.2, -0.15) is 0 Å². The van der Waals surface area contributed by atoms with Crippen LogP contribution in [0, 0.1) is 0 Å². The molecule has 0 spiro atoms. The van der Waals surface area contributed by atoms with Crippen molar-refractivity contribution in [1.82, 2.24) is 5.32 Å². The van der Waals surface area contributed by atoms with Crippen LogP contribution in [0.2, 0.25) is 0 Å². The molecule has 0 aliphatic heterocycles. The highest BCUT2D eigenvalue weighted by Crippen LogP contribution is 2.43. The average Bonchev–Trinajstić information content (AvgIpc) is 3.25. The molecule has 0 fully saturated rings. The zero-order chi connectivity index (χ0) is 45.5. The molecule has 0 heterocycles. The van der Waals surface area contributed by atoms with Crippen molar-refractivity contribution in [3.05, 3.63) is 24.3 Å². The van der Waals surface area contributed by atoms with E-state index in [1.807, 2.05) is 6.08 Å². The summed E-state index contributed by atoms with van der Waals surface area (Å²) in [6.45, 7) is 4.01. The number of unbranched alkanes of at least 4 members (excludes halogenated alkanes) is 34. The summed E-state index contributed by atoms with van der Waals surface area (Å²) in [6, 6.07) is -0.984. The summed E-state index contributed by atoms with van der Waals surface area (Å²) in [7, 11) is -4.41. The van der Waals surface area contributed by atoms with Crippen molar-refractivity contribution in [3.63, 3.8) is 0 Å². The number of amides is 1. The van der Waals surface area contributed by atoms with Crippen molar-refractivity contribution in [2.75, 3.05) is 19.8 Å². The minimum absolute atomic E-state index is 0.0493. The van der Waals surface area contributed by atoms with Gasteiger partial charge in [0, 0.05) is 6.54 Å². The van der Waals surface area contributed by atoms with Crippen LogP contribution in [0.25, 0.3) is 0 Å². The van der Waals surface area contributed by atoms with Gasteiger partial charge in [-0.1, -0.05) is 237 Å². The molecule has 4 unspecified atom stereocenters. The summed E-state index contributed by atoms with van der Waals surface area (Å²) in [4.78, 5) is 22.9. The Morgan fingerprint density at radius 3 is 1.29 bits per heavy atom. The lowest BCUT2D eigenvalue weighted by Crippen LogP contribution is -2.46. The number of carbonyl (C=O) groups is 1.